The molecule has 368 valence electrons. The molecule has 0 aromatic carbocycles. The molecule has 12 heteroatoms. The van der Waals surface area contributed by atoms with E-state index in [9.17, 15) is 19.0 Å². The van der Waals surface area contributed by atoms with Crippen molar-refractivity contribution in [3.05, 3.63) is 71.3 Å². The van der Waals surface area contributed by atoms with E-state index in [-0.39, 0.29) is 32.7 Å². The van der Waals surface area contributed by atoms with Crippen LogP contribution in [-0.4, -0.2) is 81.7 Å². The predicted molar refractivity (Wildman–Crippen MR) is 259 cm³/mol. The maximum atomic E-state index is 12.7. The van der Waals surface area contributed by atoms with E-state index in [2.05, 4.69) is 63.3 Å². The summed E-state index contributed by atoms with van der Waals surface area (Å²) in [5.74, 6) is 1.44. The zero-order valence-electron chi connectivity index (χ0n) is 41.1. The summed E-state index contributed by atoms with van der Waals surface area (Å²) in [6.07, 6.45) is 41.2. The quantitative estimate of drug-likeness (QED) is 0.0221. The first-order valence-electron chi connectivity index (χ1n) is 24.8. The molecule has 0 radical (unpaired) electrons. The van der Waals surface area contributed by atoms with Crippen LogP contribution in [0.4, 0.5) is 0 Å². The highest BCUT2D eigenvalue weighted by Crippen LogP contribution is 2.38. The van der Waals surface area contributed by atoms with Crippen LogP contribution in [0.1, 0.15) is 184 Å². The van der Waals surface area contributed by atoms with Crippen molar-refractivity contribution in [1.82, 2.24) is 0 Å². The molecule has 2 atom stereocenters. The largest absolute Gasteiger partial charge is 0.756 e. The van der Waals surface area contributed by atoms with E-state index in [1.54, 1.807) is 0 Å². The Hall–Kier alpha value is -2.79. The first-order valence-corrected chi connectivity index (χ1v) is 26.3. The van der Waals surface area contributed by atoms with Crippen molar-refractivity contribution in [2.75, 3.05) is 54.1 Å². The third-order valence-electron chi connectivity index (χ3n) is 11.1. The molecule has 1 N–H and O–H groups in total. The van der Waals surface area contributed by atoms with Crippen LogP contribution in [0.2, 0.25) is 0 Å². The average Bonchev–Trinajstić information content (AvgIpc) is 3.51. The highest BCUT2D eigenvalue weighted by atomic mass is 31.2. The lowest BCUT2D eigenvalue weighted by Crippen LogP contribution is -2.37. The minimum Gasteiger partial charge on any atom is -0.756 e. The van der Waals surface area contributed by atoms with Crippen LogP contribution in [0.15, 0.2) is 53.0 Å². The SMILES string of the molecule is CCCCCc1oc(CCCCCCCCCCCCC(=O)OC[C@H](COP(=O)([O-])OCC[N+](C)(C)C)OC(=O)CCC/C=C\C/C=C\C/C=C\C/C=C\CCCCCO)c(C)c1C. The van der Waals surface area contributed by atoms with Crippen molar-refractivity contribution in [3.8, 4) is 0 Å². The van der Waals surface area contributed by atoms with Gasteiger partial charge in [-0.2, -0.15) is 0 Å². The fourth-order valence-corrected chi connectivity index (χ4v) is 7.65. The van der Waals surface area contributed by atoms with E-state index >= 15 is 0 Å². The number of aliphatic hydroxyl groups is 1. The van der Waals surface area contributed by atoms with Gasteiger partial charge < -0.3 is 37.4 Å². The molecule has 0 aliphatic carbocycles. The Bertz CT molecular complexity index is 1510. The number of hydrogen-bond acceptors (Lipinski definition) is 10. The van der Waals surface area contributed by atoms with Crippen molar-refractivity contribution in [2.45, 2.75) is 194 Å². The summed E-state index contributed by atoms with van der Waals surface area (Å²) in [7, 11) is 1.09. The Labute approximate surface area is 389 Å². The number of furan rings is 1. The first-order chi connectivity index (χ1) is 30.8. The number of allylic oxidation sites excluding steroid dienone is 8. The van der Waals surface area contributed by atoms with Gasteiger partial charge in [-0.1, -0.05) is 126 Å². The summed E-state index contributed by atoms with van der Waals surface area (Å²) in [6, 6.07) is 0. The van der Waals surface area contributed by atoms with Crippen LogP contribution < -0.4 is 4.89 Å². The number of likely N-dealkylation sites (N-methyl/N-ethyl adjacent to an activating group) is 1. The molecule has 0 spiro atoms. The molecule has 1 aromatic heterocycles. The van der Waals surface area contributed by atoms with Gasteiger partial charge in [-0.15, -0.1) is 0 Å². The Morgan fingerprint density at radius 3 is 1.67 bits per heavy atom. The number of unbranched alkanes of at least 4 members (excludes halogenated alkanes) is 15. The molecule has 11 nitrogen and oxygen atoms in total. The normalized spacial score (nSPS) is 13.8. The van der Waals surface area contributed by atoms with E-state index < -0.39 is 32.5 Å². The van der Waals surface area contributed by atoms with Crippen LogP contribution in [0.25, 0.3) is 0 Å². The molecule has 64 heavy (non-hydrogen) atoms. The lowest BCUT2D eigenvalue weighted by Gasteiger charge is -2.28. The van der Waals surface area contributed by atoms with E-state index in [4.69, 9.17) is 28.0 Å². The Balaban J connectivity index is 2.33. The van der Waals surface area contributed by atoms with Gasteiger partial charge in [-0.25, -0.2) is 0 Å². The Kier molecular flexibility index (Phi) is 35.5. The minimum atomic E-state index is -4.66. The molecular formula is C52H90NO10P. The van der Waals surface area contributed by atoms with E-state index in [1.807, 2.05) is 27.2 Å². The second-order valence-electron chi connectivity index (χ2n) is 18.1. The second kappa shape index (κ2) is 38.3. The Morgan fingerprint density at radius 1 is 0.641 bits per heavy atom. The van der Waals surface area contributed by atoms with Crippen molar-refractivity contribution in [1.29, 1.82) is 0 Å². The number of carbonyl (C=O) groups is 2. The molecule has 0 aliphatic heterocycles. The number of aliphatic hydroxyl groups excluding tert-OH is 1. The highest BCUT2D eigenvalue weighted by Gasteiger charge is 2.22. The summed E-state index contributed by atoms with van der Waals surface area (Å²) in [5, 5.41) is 8.82. The maximum absolute atomic E-state index is 12.7. The van der Waals surface area contributed by atoms with Crippen molar-refractivity contribution in [2.24, 2.45) is 0 Å². The monoisotopic (exact) mass is 920 g/mol. The summed E-state index contributed by atoms with van der Waals surface area (Å²) in [6.45, 7) is 6.50. The zero-order chi connectivity index (χ0) is 47.2. The number of hydrogen-bond donors (Lipinski definition) is 1. The standard InChI is InChI=1S/C52H90NO10P/c1-7-8-32-37-49-46(2)47(3)50(63-49)38-33-28-24-20-17-18-21-25-29-34-39-51(55)59-44-48(45-61-64(57,58)60-43-41-53(4,5)6)62-52(56)40-35-30-26-22-16-14-12-10-9-11-13-15-19-23-27-31-36-42-54/h9,11-12,14-15,19,22,26,48,54H,7-8,10,13,16-18,20-21,23-25,27-45H2,1-6H3/b11-9-,14-12-,19-15-,26-22-/t48-/m1/s1. The number of phosphoric acid groups is 1. The summed E-state index contributed by atoms with van der Waals surface area (Å²) < 4.78 is 40.2. The summed E-state index contributed by atoms with van der Waals surface area (Å²) in [4.78, 5) is 37.7. The van der Waals surface area contributed by atoms with Gasteiger partial charge in [0.2, 0.25) is 0 Å². The molecule has 0 amide bonds. The number of carbonyl (C=O) groups excluding carboxylic acids is 2. The fraction of sp³-hybridized carbons (Fsp3) is 0.731. The number of ether oxygens (including phenoxy) is 2. The van der Waals surface area contributed by atoms with Crippen LogP contribution in [-0.2, 0) is 45.5 Å². The molecule has 0 aliphatic rings. The third kappa shape index (κ3) is 34.5. The average molecular weight is 920 g/mol. The number of rotatable bonds is 42. The van der Waals surface area contributed by atoms with E-state index in [1.165, 1.54) is 80.4 Å². The van der Waals surface area contributed by atoms with Crippen molar-refractivity contribution >= 4 is 19.8 Å². The smallest absolute Gasteiger partial charge is 0.306 e. The molecule has 0 saturated heterocycles. The Morgan fingerprint density at radius 2 is 1.12 bits per heavy atom. The molecule has 1 aromatic rings. The van der Waals surface area contributed by atoms with Gasteiger partial charge in [0, 0.05) is 32.3 Å². The van der Waals surface area contributed by atoms with Crippen molar-refractivity contribution in [3.63, 3.8) is 0 Å². The minimum absolute atomic E-state index is 0.0528. The van der Waals surface area contributed by atoms with Crippen LogP contribution in [0.3, 0.4) is 0 Å². The molecule has 1 heterocycles. The summed E-state index contributed by atoms with van der Waals surface area (Å²) >= 11 is 0. The molecule has 0 fully saturated rings. The third-order valence-corrected chi connectivity index (χ3v) is 12.1. The zero-order valence-corrected chi connectivity index (χ0v) is 42.0. The number of nitrogens with zero attached hydrogens (tertiary/aromatic N) is 1. The van der Waals surface area contributed by atoms with Crippen LogP contribution in [0, 0.1) is 13.8 Å². The van der Waals surface area contributed by atoms with Gasteiger partial charge in [-0.3, -0.25) is 14.2 Å². The highest BCUT2D eigenvalue weighted by molar-refractivity contribution is 7.45. The first kappa shape index (κ1) is 59.2. The van der Waals surface area contributed by atoms with Crippen LogP contribution >= 0.6 is 7.82 Å². The lowest BCUT2D eigenvalue weighted by atomic mass is 10.0. The number of esters is 2. The van der Waals surface area contributed by atoms with Gasteiger partial charge in [0.1, 0.15) is 31.3 Å². The lowest BCUT2D eigenvalue weighted by molar-refractivity contribution is -0.870. The summed E-state index contributed by atoms with van der Waals surface area (Å²) in [5.41, 5.74) is 2.68. The van der Waals surface area contributed by atoms with Gasteiger partial charge >= 0.3 is 11.9 Å². The number of quaternary nitrogens is 1. The molecular weight excluding hydrogens is 830 g/mol. The molecule has 1 unspecified atom stereocenters. The number of phosphoric ester groups is 1. The van der Waals surface area contributed by atoms with Crippen LogP contribution in [0.5, 0.6) is 0 Å². The topological polar surface area (TPSA) is 145 Å². The van der Waals surface area contributed by atoms with E-state index in [0.717, 1.165) is 77.0 Å². The number of aryl methyl sites for hydroxylation is 2. The van der Waals surface area contributed by atoms with Gasteiger partial charge in [-0.05, 0) is 95.6 Å². The molecule has 0 saturated carbocycles. The van der Waals surface area contributed by atoms with Crippen molar-refractivity contribution < 1.29 is 51.6 Å². The van der Waals surface area contributed by atoms with Gasteiger partial charge in [0.15, 0.2) is 6.10 Å². The second-order valence-corrected chi connectivity index (χ2v) is 19.5. The fourth-order valence-electron chi connectivity index (χ4n) is 6.92. The van der Waals surface area contributed by atoms with Gasteiger partial charge in [0.05, 0.1) is 27.7 Å². The van der Waals surface area contributed by atoms with Gasteiger partial charge in [0.25, 0.3) is 7.82 Å². The molecule has 0 bridgehead atoms. The maximum Gasteiger partial charge on any atom is 0.306 e. The van der Waals surface area contributed by atoms with E-state index in [0.29, 0.717) is 30.3 Å². The molecule has 1 rings (SSSR count). The predicted octanol–water partition coefficient (Wildman–Crippen LogP) is 12.2.